The Balaban J connectivity index is 1.51. The Morgan fingerprint density at radius 1 is 0.857 bits per heavy atom. The Kier molecular flexibility index (Phi) is 9.44. The van der Waals surface area contributed by atoms with Crippen molar-refractivity contribution in [3.05, 3.63) is 70.8 Å². The summed E-state index contributed by atoms with van der Waals surface area (Å²) in [4.78, 5) is 30.8. The first kappa shape index (κ1) is 31.7. The zero-order valence-electron chi connectivity index (χ0n) is 23.7. The molecule has 2 heterocycles. The van der Waals surface area contributed by atoms with E-state index in [1.807, 2.05) is 30.3 Å². The van der Waals surface area contributed by atoms with E-state index in [0.29, 0.717) is 57.6 Å². The number of urea groups is 1. The molecule has 2 aliphatic heterocycles. The molecule has 230 valence electrons. The Bertz CT molecular complexity index is 1210. The normalized spacial score (nSPS) is 21.3. The van der Waals surface area contributed by atoms with Crippen molar-refractivity contribution in [1.82, 2.24) is 14.7 Å². The van der Waals surface area contributed by atoms with Crippen LogP contribution in [-0.4, -0.2) is 73.0 Å². The molecule has 2 aromatic carbocycles. The lowest BCUT2D eigenvalue weighted by atomic mass is 9.86. The Labute approximate surface area is 241 Å². The lowest BCUT2D eigenvalue weighted by molar-refractivity contribution is -0.143. The minimum atomic E-state index is -4.95. The van der Waals surface area contributed by atoms with Gasteiger partial charge in [0, 0.05) is 52.1 Å². The van der Waals surface area contributed by atoms with Crippen molar-refractivity contribution in [3.63, 3.8) is 0 Å². The smallest absolute Gasteiger partial charge is 0.370 e. The molecule has 0 aromatic heterocycles. The van der Waals surface area contributed by atoms with Crippen molar-refractivity contribution in [2.75, 3.05) is 40.3 Å². The van der Waals surface area contributed by atoms with E-state index in [-0.39, 0.29) is 35.4 Å². The van der Waals surface area contributed by atoms with Crippen LogP contribution in [-0.2, 0) is 21.9 Å². The molecule has 3 amide bonds. The Hall–Kier alpha value is -3.28. The molecule has 2 saturated heterocycles. The summed E-state index contributed by atoms with van der Waals surface area (Å²) in [6.07, 6.45) is -10.1. The highest BCUT2D eigenvalue weighted by molar-refractivity contribution is 5.80. The molecule has 2 aromatic rings. The maximum Gasteiger partial charge on any atom is 0.416 e. The van der Waals surface area contributed by atoms with Crippen LogP contribution >= 0.6 is 0 Å². The molecule has 4 rings (SSSR count). The van der Waals surface area contributed by atoms with Gasteiger partial charge in [0.05, 0.1) is 23.3 Å². The number of carbonyl (C=O) groups excluding carboxylic acids is 2. The van der Waals surface area contributed by atoms with Crippen molar-refractivity contribution < 1.29 is 40.7 Å². The van der Waals surface area contributed by atoms with Gasteiger partial charge in [0.1, 0.15) is 0 Å². The first-order valence-corrected chi connectivity index (χ1v) is 13.9. The summed E-state index contributed by atoms with van der Waals surface area (Å²) in [5.41, 5.74) is -2.14. The summed E-state index contributed by atoms with van der Waals surface area (Å²) in [5, 5.41) is 0. The van der Waals surface area contributed by atoms with Crippen LogP contribution < -0.4 is 0 Å². The molecule has 2 fully saturated rings. The van der Waals surface area contributed by atoms with Crippen molar-refractivity contribution in [1.29, 1.82) is 0 Å². The predicted octanol–water partition coefficient (Wildman–Crippen LogP) is 6.58. The maximum absolute atomic E-state index is 13.5. The van der Waals surface area contributed by atoms with Crippen molar-refractivity contribution in [2.45, 2.75) is 56.7 Å². The second-order valence-electron chi connectivity index (χ2n) is 11.2. The highest BCUT2D eigenvalue weighted by Crippen LogP contribution is 2.40. The van der Waals surface area contributed by atoms with E-state index in [1.54, 1.807) is 23.9 Å². The summed E-state index contributed by atoms with van der Waals surface area (Å²) < 4.78 is 86.9. The number of hydrogen-bond donors (Lipinski definition) is 0. The number of carbonyl (C=O) groups is 2. The fraction of sp³-hybridized carbons (Fsp3) is 0.533. The number of alkyl halides is 6. The summed E-state index contributed by atoms with van der Waals surface area (Å²) in [7, 11) is 3.36. The van der Waals surface area contributed by atoms with Crippen LogP contribution in [0.3, 0.4) is 0 Å². The molecule has 0 unspecified atom stereocenters. The molecule has 12 heteroatoms. The van der Waals surface area contributed by atoms with Crippen LogP contribution in [0.5, 0.6) is 0 Å². The van der Waals surface area contributed by atoms with Gasteiger partial charge >= 0.3 is 18.4 Å². The number of halogens is 6. The van der Waals surface area contributed by atoms with Gasteiger partial charge in [-0.3, -0.25) is 4.79 Å². The second kappa shape index (κ2) is 12.5. The van der Waals surface area contributed by atoms with Gasteiger partial charge in [-0.05, 0) is 55.5 Å². The summed E-state index contributed by atoms with van der Waals surface area (Å²) in [6, 6.07) is 10.6. The number of ether oxygens (including phenoxy) is 1. The average molecular weight is 600 g/mol. The standard InChI is InChI=1S/C30H35F6N3O3/c1-19(22-15-23(29(31,32)33)17-24(16-22)30(34,35)36)42-26-11-14-39(18-25(26)20-7-5-4-6-8-20)27(40)21-9-12-38(13-10-21)28(41)37(2)3/h4-8,15-17,19,21,25-26H,9-14,18H2,1-3H3/t19-,25+,26+/m1/s1. The third kappa shape index (κ3) is 7.37. The monoisotopic (exact) mass is 599 g/mol. The fourth-order valence-electron chi connectivity index (χ4n) is 5.73. The van der Waals surface area contributed by atoms with Crippen LogP contribution in [0.25, 0.3) is 0 Å². The molecule has 2 aliphatic rings. The topological polar surface area (TPSA) is 53.1 Å². The van der Waals surface area contributed by atoms with Gasteiger partial charge in [-0.1, -0.05) is 30.3 Å². The van der Waals surface area contributed by atoms with Crippen LogP contribution in [0.15, 0.2) is 48.5 Å². The average Bonchev–Trinajstić information content (AvgIpc) is 2.96. The molecular weight excluding hydrogens is 564 g/mol. The van der Waals surface area contributed by atoms with E-state index in [2.05, 4.69) is 0 Å². The molecule has 3 atom stereocenters. The molecule has 42 heavy (non-hydrogen) atoms. The second-order valence-corrected chi connectivity index (χ2v) is 11.2. The van der Waals surface area contributed by atoms with E-state index < -0.39 is 35.7 Å². The number of hydrogen-bond acceptors (Lipinski definition) is 3. The molecule has 0 aliphatic carbocycles. The maximum atomic E-state index is 13.5. The van der Waals surface area contributed by atoms with Gasteiger partial charge in [-0.25, -0.2) is 4.79 Å². The Morgan fingerprint density at radius 3 is 1.93 bits per heavy atom. The van der Waals surface area contributed by atoms with Crippen molar-refractivity contribution in [2.24, 2.45) is 5.92 Å². The lowest BCUT2D eigenvalue weighted by Crippen LogP contribution is -2.50. The molecule has 0 spiro atoms. The van der Waals surface area contributed by atoms with Gasteiger partial charge in [0.25, 0.3) is 0 Å². The SMILES string of the molecule is C[C@@H](O[C@H]1CCN(C(=O)C2CCN(C(=O)N(C)C)CC2)C[C@H]1c1ccccc1)c1cc(C(F)(F)F)cc(C(F)(F)F)c1. The van der Waals surface area contributed by atoms with Gasteiger partial charge < -0.3 is 19.4 Å². The van der Waals surface area contributed by atoms with E-state index >= 15 is 0 Å². The highest BCUT2D eigenvalue weighted by atomic mass is 19.4. The fourth-order valence-corrected chi connectivity index (χ4v) is 5.73. The zero-order chi connectivity index (χ0) is 30.8. The number of likely N-dealkylation sites (tertiary alicyclic amines) is 2. The Morgan fingerprint density at radius 2 is 1.40 bits per heavy atom. The summed E-state index contributed by atoms with van der Waals surface area (Å²) in [5.74, 6) is -0.600. The van der Waals surface area contributed by atoms with E-state index in [1.165, 1.54) is 11.8 Å². The zero-order valence-corrected chi connectivity index (χ0v) is 23.7. The minimum absolute atomic E-state index is 0.0212. The molecule has 6 nitrogen and oxygen atoms in total. The van der Waals surface area contributed by atoms with Gasteiger partial charge in [-0.2, -0.15) is 26.3 Å². The van der Waals surface area contributed by atoms with Crippen LogP contribution in [0, 0.1) is 5.92 Å². The predicted molar refractivity (Wildman–Crippen MR) is 143 cm³/mol. The molecule has 0 N–H and O–H groups in total. The van der Waals surface area contributed by atoms with E-state index in [9.17, 15) is 35.9 Å². The highest BCUT2D eigenvalue weighted by Gasteiger charge is 2.40. The van der Waals surface area contributed by atoms with Crippen molar-refractivity contribution in [3.8, 4) is 0 Å². The van der Waals surface area contributed by atoms with E-state index in [0.717, 1.165) is 5.56 Å². The van der Waals surface area contributed by atoms with Gasteiger partial charge in [0.15, 0.2) is 0 Å². The quantitative estimate of drug-likeness (QED) is 0.365. The summed E-state index contributed by atoms with van der Waals surface area (Å²) in [6.45, 7) is 3.03. The van der Waals surface area contributed by atoms with Crippen molar-refractivity contribution >= 4 is 11.9 Å². The molecular formula is C30H35F6N3O3. The number of nitrogens with zero attached hydrogens (tertiary/aromatic N) is 3. The van der Waals surface area contributed by atoms with Gasteiger partial charge in [0.2, 0.25) is 5.91 Å². The van der Waals surface area contributed by atoms with Gasteiger partial charge in [-0.15, -0.1) is 0 Å². The molecule has 0 bridgehead atoms. The van der Waals surface area contributed by atoms with E-state index in [4.69, 9.17) is 4.74 Å². The van der Waals surface area contributed by atoms with Crippen LogP contribution in [0.2, 0.25) is 0 Å². The first-order chi connectivity index (χ1) is 19.6. The number of benzene rings is 2. The number of amides is 3. The third-order valence-electron chi connectivity index (χ3n) is 8.04. The summed E-state index contributed by atoms with van der Waals surface area (Å²) >= 11 is 0. The lowest BCUT2D eigenvalue weighted by Gasteiger charge is -2.42. The molecule has 0 radical (unpaired) electrons. The number of rotatable bonds is 5. The minimum Gasteiger partial charge on any atom is -0.370 e. The third-order valence-corrected chi connectivity index (χ3v) is 8.04. The number of piperidine rings is 2. The first-order valence-electron chi connectivity index (χ1n) is 13.9. The van der Waals surface area contributed by atoms with Crippen LogP contribution in [0.4, 0.5) is 31.1 Å². The van der Waals surface area contributed by atoms with Crippen LogP contribution in [0.1, 0.15) is 60.5 Å². The molecule has 0 saturated carbocycles. The largest absolute Gasteiger partial charge is 0.416 e.